The van der Waals surface area contributed by atoms with Crippen LogP contribution in [0.5, 0.6) is 0 Å². The van der Waals surface area contributed by atoms with Gasteiger partial charge >= 0.3 is 0 Å². The van der Waals surface area contributed by atoms with Gasteiger partial charge in [-0.2, -0.15) is 8.75 Å². The Bertz CT molecular complexity index is 554. The molecule has 1 aromatic carbocycles. The zero-order valence-electron chi connectivity index (χ0n) is 7.27. The second-order valence-electron chi connectivity index (χ2n) is 3.07. The number of aromatic nitrogens is 3. The van der Waals surface area contributed by atoms with Crippen LogP contribution < -0.4 is 0 Å². The molecule has 14 heavy (non-hydrogen) atoms. The third-order valence-corrected chi connectivity index (χ3v) is 2.69. The summed E-state index contributed by atoms with van der Waals surface area (Å²) in [5.41, 5.74) is 3.21. The van der Waals surface area contributed by atoms with Gasteiger partial charge in [0.25, 0.3) is 0 Å². The molecule has 2 heterocycles. The van der Waals surface area contributed by atoms with Crippen LogP contribution in [0.4, 0.5) is 0 Å². The molecule has 3 rings (SSSR count). The van der Waals surface area contributed by atoms with E-state index >= 15 is 0 Å². The Labute approximate surface area is 84.7 Å². The second-order valence-corrected chi connectivity index (χ2v) is 3.63. The largest absolute Gasteiger partial charge is 0.361 e. The Morgan fingerprint density at radius 1 is 1.21 bits per heavy atom. The third kappa shape index (κ3) is 1.12. The molecule has 4 heteroatoms. The van der Waals surface area contributed by atoms with Crippen LogP contribution in [0.2, 0.25) is 0 Å². The molecule has 1 N–H and O–H groups in total. The van der Waals surface area contributed by atoms with Gasteiger partial charge in [0.2, 0.25) is 0 Å². The normalized spacial score (nSPS) is 10.9. The van der Waals surface area contributed by atoms with Crippen LogP contribution in [0.15, 0.2) is 36.7 Å². The molecule has 0 aliphatic rings. The summed E-state index contributed by atoms with van der Waals surface area (Å²) in [5.74, 6) is 0. The predicted octanol–water partition coefficient (Wildman–Crippen LogP) is 2.69. The first-order valence-corrected chi connectivity index (χ1v) is 5.01. The highest BCUT2D eigenvalue weighted by atomic mass is 32.1. The summed E-state index contributed by atoms with van der Waals surface area (Å²) >= 11 is 1.23. The van der Waals surface area contributed by atoms with Gasteiger partial charge in [0.05, 0.1) is 17.9 Å². The molecule has 0 aliphatic carbocycles. The van der Waals surface area contributed by atoms with Crippen LogP contribution in [0.1, 0.15) is 0 Å². The van der Waals surface area contributed by atoms with E-state index in [1.54, 1.807) is 6.20 Å². The quantitative estimate of drug-likeness (QED) is 0.657. The number of H-pyrrole nitrogens is 1. The zero-order chi connectivity index (χ0) is 9.38. The first-order chi connectivity index (χ1) is 6.93. The number of nitrogens with zero attached hydrogens (tertiary/aromatic N) is 2. The second kappa shape index (κ2) is 2.92. The lowest BCUT2D eigenvalue weighted by Crippen LogP contribution is -1.76. The first kappa shape index (κ1) is 7.70. The van der Waals surface area contributed by atoms with Gasteiger partial charge in [-0.25, -0.2) is 0 Å². The van der Waals surface area contributed by atoms with Crippen molar-refractivity contribution in [3.05, 3.63) is 36.7 Å². The fourth-order valence-corrected chi connectivity index (χ4v) is 1.94. The minimum absolute atomic E-state index is 0.943. The van der Waals surface area contributed by atoms with Crippen LogP contribution in [0.25, 0.3) is 22.2 Å². The smallest absolute Gasteiger partial charge is 0.104 e. The first-order valence-electron chi connectivity index (χ1n) is 4.28. The molecule has 0 atom stereocenters. The van der Waals surface area contributed by atoms with E-state index in [1.807, 2.05) is 6.20 Å². The van der Waals surface area contributed by atoms with E-state index in [4.69, 9.17) is 0 Å². The third-order valence-electron chi connectivity index (χ3n) is 2.21. The molecule has 0 saturated carbocycles. The summed E-state index contributed by atoms with van der Waals surface area (Å²) in [7, 11) is 0. The highest BCUT2D eigenvalue weighted by Gasteiger charge is 2.01. The van der Waals surface area contributed by atoms with Crippen LogP contribution >= 0.6 is 11.7 Å². The predicted molar refractivity (Wildman–Crippen MR) is 57.2 cm³/mol. The molecule has 0 bridgehead atoms. The summed E-state index contributed by atoms with van der Waals surface area (Å²) in [4.78, 5) is 3.16. The maximum atomic E-state index is 4.20. The lowest BCUT2D eigenvalue weighted by Gasteiger charge is -1.95. The highest BCUT2D eigenvalue weighted by Crippen LogP contribution is 2.22. The molecule has 68 valence electrons. The lowest BCUT2D eigenvalue weighted by molar-refractivity contribution is 1.47. The topological polar surface area (TPSA) is 41.6 Å². The van der Waals surface area contributed by atoms with E-state index < -0.39 is 0 Å². The molecule has 0 spiro atoms. The average Bonchev–Trinajstić information content (AvgIpc) is 2.88. The molecular weight excluding hydrogens is 194 g/mol. The summed E-state index contributed by atoms with van der Waals surface area (Å²) in [6.07, 6.45) is 3.73. The van der Waals surface area contributed by atoms with Gasteiger partial charge in [-0.1, -0.05) is 6.07 Å². The summed E-state index contributed by atoms with van der Waals surface area (Å²) < 4.78 is 8.19. The lowest BCUT2D eigenvalue weighted by atomic mass is 10.1. The molecule has 2 aromatic heterocycles. The van der Waals surface area contributed by atoms with E-state index in [9.17, 15) is 0 Å². The summed E-state index contributed by atoms with van der Waals surface area (Å²) in [6.45, 7) is 0. The Morgan fingerprint density at radius 3 is 3.07 bits per heavy atom. The molecule has 0 amide bonds. The molecule has 0 unspecified atom stereocenters. The van der Waals surface area contributed by atoms with Crippen molar-refractivity contribution >= 4 is 22.6 Å². The van der Waals surface area contributed by atoms with E-state index in [-0.39, 0.29) is 0 Å². The number of fused-ring (bicyclic) bond motifs is 1. The molecule has 0 aliphatic heterocycles. The molecular formula is C10H7N3S. The van der Waals surface area contributed by atoms with Gasteiger partial charge in [-0.15, -0.1) is 0 Å². The van der Waals surface area contributed by atoms with Crippen molar-refractivity contribution in [2.45, 2.75) is 0 Å². The molecule has 0 saturated heterocycles. The maximum absolute atomic E-state index is 4.20. The molecule has 0 radical (unpaired) electrons. The van der Waals surface area contributed by atoms with E-state index in [0.29, 0.717) is 0 Å². The van der Waals surface area contributed by atoms with E-state index in [1.165, 1.54) is 17.1 Å². The van der Waals surface area contributed by atoms with Crippen molar-refractivity contribution in [2.75, 3.05) is 0 Å². The number of hydrogen-bond acceptors (Lipinski definition) is 3. The highest BCUT2D eigenvalue weighted by molar-refractivity contribution is 6.99. The van der Waals surface area contributed by atoms with Crippen molar-refractivity contribution in [1.29, 1.82) is 0 Å². The maximum Gasteiger partial charge on any atom is 0.104 e. The number of rotatable bonds is 1. The van der Waals surface area contributed by atoms with Gasteiger partial charge in [-0.3, -0.25) is 0 Å². The molecule has 3 nitrogen and oxygen atoms in total. The number of benzene rings is 1. The number of hydrogen-bond donors (Lipinski definition) is 1. The van der Waals surface area contributed by atoms with Crippen molar-refractivity contribution in [1.82, 2.24) is 13.7 Å². The SMILES string of the molecule is c1cc2cc(-c3cnsn3)ccc2[nH]1. The van der Waals surface area contributed by atoms with Gasteiger partial charge < -0.3 is 4.98 Å². The van der Waals surface area contributed by atoms with Crippen LogP contribution in [0.3, 0.4) is 0 Å². The van der Waals surface area contributed by atoms with Gasteiger partial charge in [0.15, 0.2) is 0 Å². The Hall–Kier alpha value is -1.68. The summed E-state index contributed by atoms with van der Waals surface area (Å²) in [5, 5.41) is 1.20. The minimum Gasteiger partial charge on any atom is -0.361 e. The Kier molecular flexibility index (Phi) is 1.61. The van der Waals surface area contributed by atoms with Crippen LogP contribution in [0, 0.1) is 0 Å². The van der Waals surface area contributed by atoms with Gasteiger partial charge in [0, 0.05) is 22.7 Å². The average molecular weight is 201 g/mol. The van der Waals surface area contributed by atoms with Crippen molar-refractivity contribution in [3.8, 4) is 11.3 Å². The van der Waals surface area contributed by atoms with Crippen molar-refractivity contribution in [2.24, 2.45) is 0 Å². The summed E-state index contributed by atoms with van der Waals surface area (Å²) in [6, 6.07) is 8.28. The minimum atomic E-state index is 0.943. The van der Waals surface area contributed by atoms with Crippen LogP contribution in [-0.2, 0) is 0 Å². The monoisotopic (exact) mass is 201 g/mol. The van der Waals surface area contributed by atoms with Crippen LogP contribution in [-0.4, -0.2) is 13.7 Å². The fourth-order valence-electron chi connectivity index (χ4n) is 1.50. The zero-order valence-corrected chi connectivity index (χ0v) is 8.08. The Morgan fingerprint density at radius 2 is 2.21 bits per heavy atom. The van der Waals surface area contributed by atoms with E-state index in [0.717, 1.165) is 16.8 Å². The van der Waals surface area contributed by atoms with Gasteiger partial charge in [0.1, 0.15) is 5.69 Å². The standard InChI is InChI=1S/C10H7N3S/c1-2-9-8(3-4-11-9)5-7(1)10-6-12-14-13-10/h1-6,11H. The van der Waals surface area contributed by atoms with Crippen molar-refractivity contribution < 1.29 is 0 Å². The van der Waals surface area contributed by atoms with Gasteiger partial charge in [-0.05, 0) is 18.2 Å². The molecule has 3 aromatic rings. The van der Waals surface area contributed by atoms with Crippen molar-refractivity contribution in [3.63, 3.8) is 0 Å². The Balaban J connectivity index is 2.23. The molecule has 0 fully saturated rings. The fraction of sp³-hybridized carbons (Fsp3) is 0. The van der Waals surface area contributed by atoms with E-state index in [2.05, 4.69) is 38.0 Å². The number of nitrogens with one attached hydrogen (secondary N) is 1. The number of aromatic amines is 1.